The molecule has 164 valence electrons. The van der Waals surface area contributed by atoms with Gasteiger partial charge < -0.3 is 31.2 Å². The highest BCUT2D eigenvalue weighted by atomic mass is 32.2. The lowest BCUT2D eigenvalue weighted by molar-refractivity contribution is -0.00634. The fourth-order valence-electron chi connectivity index (χ4n) is 2.66. The van der Waals surface area contributed by atoms with E-state index in [0.717, 1.165) is 0 Å². The van der Waals surface area contributed by atoms with E-state index in [1.165, 1.54) is 32.7 Å². The highest BCUT2D eigenvalue weighted by Gasteiger charge is 2.28. The number of anilines is 2. The zero-order valence-electron chi connectivity index (χ0n) is 15.7. The fourth-order valence-corrected chi connectivity index (χ4v) is 4.52. The van der Waals surface area contributed by atoms with Crippen molar-refractivity contribution in [2.45, 2.75) is 23.3 Å². The molecular formula is C16H22N6O6S2. The van der Waals surface area contributed by atoms with E-state index in [1.807, 2.05) is 0 Å². The summed E-state index contributed by atoms with van der Waals surface area (Å²) in [6.07, 6.45) is 2.37. The van der Waals surface area contributed by atoms with Crippen molar-refractivity contribution in [1.82, 2.24) is 19.1 Å². The van der Waals surface area contributed by atoms with E-state index in [9.17, 15) is 9.59 Å². The van der Waals surface area contributed by atoms with Gasteiger partial charge in [-0.3, -0.25) is 9.13 Å². The number of nitrogens with two attached hydrogens (primary N) is 2. The summed E-state index contributed by atoms with van der Waals surface area (Å²) in [5.41, 5.74) is 9.35. The Bertz CT molecular complexity index is 894. The van der Waals surface area contributed by atoms with Gasteiger partial charge in [0.05, 0.1) is 13.2 Å². The van der Waals surface area contributed by atoms with Crippen molar-refractivity contribution in [3.8, 4) is 0 Å². The molecule has 0 amide bonds. The van der Waals surface area contributed by atoms with E-state index in [4.69, 9.17) is 31.2 Å². The van der Waals surface area contributed by atoms with Crippen LogP contribution in [0.25, 0.3) is 0 Å². The number of ether oxygens (including phenoxy) is 2. The third-order valence-electron chi connectivity index (χ3n) is 4.09. The molecule has 0 aromatic carbocycles. The third kappa shape index (κ3) is 5.53. The molecule has 2 aliphatic rings. The molecule has 2 fully saturated rings. The Morgan fingerprint density at radius 2 is 1.30 bits per heavy atom. The molecule has 4 heterocycles. The van der Waals surface area contributed by atoms with Crippen molar-refractivity contribution in [2.24, 2.45) is 0 Å². The van der Waals surface area contributed by atoms with E-state index < -0.39 is 11.4 Å². The van der Waals surface area contributed by atoms with Crippen LogP contribution in [0.4, 0.5) is 11.6 Å². The van der Waals surface area contributed by atoms with Crippen LogP contribution in [-0.2, 0) is 9.47 Å². The average molecular weight is 459 g/mol. The second kappa shape index (κ2) is 10.3. The van der Waals surface area contributed by atoms with Crippen LogP contribution in [0.3, 0.4) is 0 Å². The maximum Gasteiger partial charge on any atom is 0.351 e. The van der Waals surface area contributed by atoms with Crippen LogP contribution in [0.1, 0.15) is 12.5 Å². The smallest absolute Gasteiger partial charge is 0.351 e. The first-order valence-corrected chi connectivity index (χ1v) is 11.0. The lowest BCUT2D eigenvalue weighted by Crippen LogP contribution is -2.28. The molecule has 2 saturated heterocycles. The number of nitrogen functional groups attached to an aromatic ring is 2. The number of hydrogen-bond acceptors (Lipinski definition) is 12. The topological polar surface area (TPSA) is 181 Å². The van der Waals surface area contributed by atoms with E-state index >= 15 is 0 Å². The quantitative estimate of drug-likeness (QED) is 0.431. The van der Waals surface area contributed by atoms with Crippen molar-refractivity contribution >= 4 is 35.2 Å². The van der Waals surface area contributed by atoms with Crippen LogP contribution in [0, 0.1) is 0 Å². The molecular weight excluding hydrogens is 436 g/mol. The Morgan fingerprint density at radius 3 is 1.60 bits per heavy atom. The molecule has 2 aromatic rings. The summed E-state index contributed by atoms with van der Waals surface area (Å²) >= 11 is 2.93. The number of thioether (sulfide) groups is 2. The molecule has 12 nitrogen and oxygen atoms in total. The van der Waals surface area contributed by atoms with Crippen molar-refractivity contribution in [3.05, 3.63) is 45.5 Å². The summed E-state index contributed by atoms with van der Waals surface area (Å²) in [6, 6.07) is 3.09. The predicted molar refractivity (Wildman–Crippen MR) is 113 cm³/mol. The molecule has 0 spiro atoms. The standard InChI is InChI=1S/2C8H11N3O3S/c2*9-5-1-2-11(8(13)10-5)6-4-15-7(3-12)14-6/h2*1-2,6-7,12H,3-4H2,(H2,9,10,13)/t2*6-,7+/m00/s1. The number of nitrogens with zero attached hydrogens (tertiary/aromatic N) is 4. The molecule has 0 saturated carbocycles. The van der Waals surface area contributed by atoms with Crippen LogP contribution in [-0.4, -0.2) is 64.9 Å². The summed E-state index contributed by atoms with van der Waals surface area (Å²) < 4.78 is 13.6. The summed E-state index contributed by atoms with van der Waals surface area (Å²) in [6.45, 7) is -0.114. The minimum atomic E-state index is -0.431. The number of aliphatic hydroxyl groups is 2. The van der Waals surface area contributed by atoms with Gasteiger partial charge in [0, 0.05) is 23.9 Å². The molecule has 0 unspecified atom stereocenters. The molecule has 0 bridgehead atoms. The largest absolute Gasteiger partial charge is 0.393 e. The van der Waals surface area contributed by atoms with E-state index in [-0.39, 0.29) is 48.2 Å². The van der Waals surface area contributed by atoms with E-state index in [1.54, 1.807) is 24.5 Å². The Hall–Kier alpha value is -2.10. The first-order chi connectivity index (χ1) is 14.4. The summed E-state index contributed by atoms with van der Waals surface area (Å²) in [5, 5.41) is 17.8. The molecule has 4 rings (SSSR count). The molecule has 6 N–H and O–H groups in total. The van der Waals surface area contributed by atoms with Gasteiger partial charge in [-0.15, -0.1) is 23.5 Å². The maximum absolute atomic E-state index is 11.4. The van der Waals surface area contributed by atoms with Crippen LogP contribution >= 0.6 is 23.5 Å². The van der Waals surface area contributed by atoms with Gasteiger partial charge in [-0.2, -0.15) is 9.97 Å². The highest BCUT2D eigenvalue weighted by Crippen LogP contribution is 2.31. The summed E-state index contributed by atoms with van der Waals surface area (Å²) in [5.74, 6) is 1.63. The van der Waals surface area contributed by atoms with Crippen molar-refractivity contribution in [3.63, 3.8) is 0 Å². The number of hydrogen-bond donors (Lipinski definition) is 4. The molecule has 30 heavy (non-hydrogen) atoms. The van der Waals surface area contributed by atoms with Gasteiger partial charge in [0.1, 0.15) is 35.0 Å². The van der Waals surface area contributed by atoms with Gasteiger partial charge >= 0.3 is 11.4 Å². The number of aromatic nitrogens is 4. The minimum absolute atomic E-state index is 0.0572. The molecule has 0 radical (unpaired) electrons. The fraction of sp³-hybridized carbons (Fsp3) is 0.500. The normalized spacial score (nSPS) is 25.7. The van der Waals surface area contributed by atoms with Crippen LogP contribution in [0.2, 0.25) is 0 Å². The average Bonchev–Trinajstić information content (AvgIpc) is 3.38. The van der Waals surface area contributed by atoms with Gasteiger partial charge in [0.25, 0.3) is 0 Å². The first kappa shape index (κ1) is 22.6. The molecule has 14 heteroatoms. The zero-order chi connectivity index (χ0) is 21.7. The highest BCUT2D eigenvalue weighted by molar-refractivity contribution is 8.00. The van der Waals surface area contributed by atoms with Crippen LogP contribution in [0.15, 0.2) is 34.1 Å². The number of rotatable bonds is 4. The molecule has 2 aromatic heterocycles. The Labute approximate surface area is 179 Å². The van der Waals surface area contributed by atoms with Gasteiger partial charge in [-0.25, -0.2) is 9.59 Å². The first-order valence-electron chi connectivity index (χ1n) is 8.86. The zero-order valence-corrected chi connectivity index (χ0v) is 17.4. The van der Waals surface area contributed by atoms with Gasteiger partial charge in [-0.05, 0) is 12.1 Å². The minimum Gasteiger partial charge on any atom is -0.393 e. The van der Waals surface area contributed by atoms with E-state index in [0.29, 0.717) is 11.5 Å². The second-order valence-corrected chi connectivity index (χ2v) is 8.54. The van der Waals surface area contributed by atoms with Crippen LogP contribution < -0.4 is 22.8 Å². The lowest BCUT2D eigenvalue weighted by Gasteiger charge is -2.13. The van der Waals surface area contributed by atoms with Gasteiger partial charge in [-0.1, -0.05) is 0 Å². The van der Waals surface area contributed by atoms with Crippen molar-refractivity contribution < 1.29 is 19.7 Å². The Balaban J connectivity index is 0.000000171. The third-order valence-corrected chi connectivity index (χ3v) is 6.31. The molecule has 0 aliphatic carbocycles. The maximum atomic E-state index is 11.4. The molecule has 4 atom stereocenters. The van der Waals surface area contributed by atoms with Gasteiger partial charge in [0.2, 0.25) is 0 Å². The summed E-state index contributed by atoms with van der Waals surface area (Å²) in [4.78, 5) is 30.1. The van der Waals surface area contributed by atoms with Gasteiger partial charge in [0.15, 0.2) is 0 Å². The monoisotopic (exact) mass is 458 g/mol. The van der Waals surface area contributed by atoms with Crippen molar-refractivity contribution in [2.75, 3.05) is 36.2 Å². The second-order valence-electron chi connectivity index (χ2n) is 6.16. The number of aliphatic hydroxyl groups excluding tert-OH is 2. The van der Waals surface area contributed by atoms with E-state index in [2.05, 4.69) is 9.97 Å². The molecule has 2 aliphatic heterocycles. The lowest BCUT2D eigenvalue weighted by atomic mass is 10.5. The van der Waals surface area contributed by atoms with Crippen LogP contribution in [0.5, 0.6) is 0 Å². The SMILES string of the molecule is Nc1ccn([C@@H]2CS[C@H](CO)O2)c(=O)n1.Nc1ccn([C@@H]2CS[C@H](CO)O2)c(=O)n1. The predicted octanol–water partition coefficient (Wildman–Crippen LogP) is -1.19. The van der Waals surface area contributed by atoms with Crippen molar-refractivity contribution in [1.29, 1.82) is 0 Å². The summed E-state index contributed by atoms with van der Waals surface area (Å²) in [7, 11) is 0. The Kier molecular flexibility index (Phi) is 7.74. The Morgan fingerprint density at radius 1 is 0.900 bits per heavy atom.